The molecule has 1 aliphatic carbocycles. The Morgan fingerprint density at radius 3 is 2.34 bits per heavy atom. The van der Waals surface area contributed by atoms with Crippen LogP contribution >= 0.6 is 0 Å². The van der Waals surface area contributed by atoms with Crippen LogP contribution in [0.4, 0.5) is 11.4 Å². The zero-order chi connectivity index (χ0) is 22.7. The van der Waals surface area contributed by atoms with Gasteiger partial charge in [-0.1, -0.05) is 12.8 Å². The third kappa shape index (κ3) is 4.89. The van der Waals surface area contributed by atoms with Crippen LogP contribution < -0.4 is 4.90 Å². The number of carbonyl (C=O) groups excluding carboxylic acids is 1. The smallest absolute Gasteiger partial charge is 0.293 e. The van der Waals surface area contributed by atoms with Crippen molar-refractivity contribution in [3.63, 3.8) is 0 Å². The lowest BCUT2D eigenvalue weighted by Gasteiger charge is -2.36. The van der Waals surface area contributed by atoms with E-state index in [4.69, 9.17) is 4.74 Å². The van der Waals surface area contributed by atoms with E-state index in [1.54, 1.807) is 0 Å². The van der Waals surface area contributed by atoms with Crippen molar-refractivity contribution in [1.29, 1.82) is 0 Å². The zero-order valence-electron chi connectivity index (χ0n) is 18.1. The number of ether oxygens (including phenoxy) is 1. The maximum Gasteiger partial charge on any atom is 0.293 e. The summed E-state index contributed by atoms with van der Waals surface area (Å²) in [7, 11) is -3.82. The lowest BCUT2D eigenvalue weighted by Crippen LogP contribution is -2.49. The minimum Gasteiger partial charge on any atom is -0.379 e. The summed E-state index contributed by atoms with van der Waals surface area (Å²) in [5.74, 6) is 0.653. The Bertz CT molecular complexity index is 949. The Morgan fingerprint density at radius 2 is 1.72 bits per heavy atom. The Morgan fingerprint density at radius 1 is 1.06 bits per heavy atom. The monoisotopic (exact) mass is 466 g/mol. The fourth-order valence-electron chi connectivity index (χ4n) is 4.80. The second-order valence-electron chi connectivity index (χ2n) is 8.65. The molecule has 2 aliphatic heterocycles. The molecule has 11 heteroatoms. The number of carbonyl (C=O) groups is 1. The molecule has 32 heavy (non-hydrogen) atoms. The molecular weight excluding hydrogens is 436 g/mol. The maximum absolute atomic E-state index is 12.9. The summed E-state index contributed by atoms with van der Waals surface area (Å²) in [6, 6.07) is 4.10. The molecule has 2 heterocycles. The predicted octanol–water partition coefficient (Wildman–Crippen LogP) is 1.84. The van der Waals surface area contributed by atoms with Crippen LogP contribution in [-0.2, 0) is 19.6 Å². The largest absolute Gasteiger partial charge is 0.379 e. The van der Waals surface area contributed by atoms with E-state index in [9.17, 15) is 23.3 Å². The first-order chi connectivity index (χ1) is 15.4. The van der Waals surface area contributed by atoms with Crippen LogP contribution in [0.3, 0.4) is 0 Å². The number of nitrogens with zero attached hydrogens (tertiary/aromatic N) is 4. The molecule has 0 bridgehead atoms. The minimum atomic E-state index is -3.82. The van der Waals surface area contributed by atoms with Gasteiger partial charge in [-0.15, -0.1) is 0 Å². The van der Waals surface area contributed by atoms with E-state index in [1.165, 1.54) is 29.3 Å². The molecule has 0 atom stereocenters. The summed E-state index contributed by atoms with van der Waals surface area (Å²) in [4.78, 5) is 27.5. The molecule has 0 radical (unpaired) electrons. The molecule has 1 aromatic rings. The minimum absolute atomic E-state index is 0.0831. The molecule has 3 fully saturated rings. The van der Waals surface area contributed by atoms with Gasteiger partial charge in [0, 0.05) is 51.8 Å². The first-order valence-electron chi connectivity index (χ1n) is 11.3. The molecule has 0 spiro atoms. The number of morpholine rings is 1. The van der Waals surface area contributed by atoms with Gasteiger partial charge in [-0.2, -0.15) is 4.31 Å². The van der Waals surface area contributed by atoms with E-state index in [0.717, 1.165) is 18.9 Å². The normalized spacial score (nSPS) is 21.1. The first kappa shape index (κ1) is 22.9. The lowest BCUT2D eigenvalue weighted by atomic mass is 10.0. The van der Waals surface area contributed by atoms with Gasteiger partial charge in [-0.05, 0) is 30.9 Å². The average molecular weight is 467 g/mol. The van der Waals surface area contributed by atoms with Gasteiger partial charge in [-0.3, -0.25) is 14.9 Å². The van der Waals surface area contributed by atoms with Crippen molar-refractivity contribution in [1.82, 2.24) is 9.21 Å². The fraction of sp³-hybridized carbons (Fsp3) is 0.667. The number of nitro groups is 1. The van der Waals surface area contributed by atoms with Gasteiger partial charge in [0.05, 0.1) is 23.0 Å². The number of anilines is 1. The van der Waals surface area contributed by atoms with Crippen molar-refractivity contribution in [3.05, 3.63) is 28.3 Å². The highest BCUT2D eigenvalue weighted by molar-refractivity contribution is 7.89. The molecule has 4 rings (SSSR count). The van der Waals surface area contributed by atoms with Gasteiger partial charge in [0.2, 0.25) is 15.9 Å². The van der Waals surface area contributed by atoms with Gasteiger partial charge in [0.15, 0.2) is 0 Å². The number of sulfonamides is 1. The average Bonchev–Trinajstić information content (AvgIpc) is 3.32. The van der Waals surface area contributed by atoms with E-state index in [1.807, 2.05) is 9.80 Å². The van der Waals surface area contributed by atoms with Crippen molar-refractivity contribution in [3.8, 4) is 0 Å². The zero-order valence-corrected chi connectivity index (χ0v) is 19.0. The molecule has 0 aromatic heterocycles. The topological polar surface area (TPSA) is 113 Å². The van der Waals surface area contributed by atoms with Crippen LogP contribution in [0.2, 0.25) is 0 Å². The summed E-state index contributed by atoms with van der Waals surface area (Å²) in [5.41, 5.74) is 0.156. The third-order valence-corrected chi connectivity index (χ3v) is 8.56. The molecule has 1 amide bonds. The van der Waals surface area contributed by atoms with E-state index in [0.29, 0.717) is 57.4 Å². The molecule has 1 aromatic carbocycles. The molecule has 0 unspecified atom stereocenters. The molecule has 2 saturated heterocycles. The van der Waals surface area contributed by atoms with Gasteiger partial charge in [-0.25, -0.2) is 8.42 Å². The van der Waals surface area contributed by atoms with Gasteiger partial charge >= 0.3 is 0 Å². The summed E-state index contributed by atoms with van der Waals surface area (Å²) in [5, 5.41) is 11.8. The second kappa shape index (κ2) is 9.72. The van der Waals surface area contributed by atoms with Crippen LogP contribution in [0.15, 0.2) is 23.1 Å². The first-order valence-corrected chi connectivity index (χ1v) is 12.7. The Kier molecular flexibility index (Phi) is 6.96. The Labute approximate surface area is 188 Å². The fourth-order valence-corrected chi connectivity index (χ4v) is 6.23. The molecule has 176 valence electrons. The Hall–Kier alpha value is -2.24. The van der Waals surface area contributed by atoms with Crippen LogP contribution in [0.25, 0.3) is 0 Å². The van der Waals surface area contributed by atoms with Gasteiger partial charge in [0.25, 0.3) is 5.69 Å². The molecule has 10 nitrogen and oxygen atoms in total. The van der Waals surface area contributed by atoms with Crippen molar-refractivity contribution in [2.45, 2.75) is 37.0 Å². The SMILES string of the molecule is O=C(CC1CCCC1)N1CCN(c2ccc(S(=O)(=O)N3CCOCC3)cc2[N+](=O)[O-])CC1. The number of amides is 1. The number of rotatable bonds is 6. The van der Waals surface area contributed by atoms with Crippen LogP contribution in [0.5, 0.6) is 0 Å². The number of piperazine rings is 1. The number of nitro benzene ring substituents is 1. The van der Waals surface area contributed by atoms with E-state index in [-0.39, 0.29) is 29.6 Å². The van der Waals surface area contributed by atoms with E-state index < -0.39 is 14.9 Å². The van der Waals surface area contributed by atoms with Crippen LogP contribution in [0.1, 0.15) is 32.1 Å². The van der Waals surface area contributed by atoms with Crippen LogP contribution in [0, 0.1) is 16.0 Å². The summed E-state index contributed by atoms with van der Waals surface area (Å²) in [6.07, 6.45) is 5.24. The summed E-state index contributed by atoms with van der Waals surface area (Å²) >= 11 is 0. The molecule has 3 aliphatic rings. The highest BCUT2D eigenvalue weighted by Gasteiger charge is 2.31. The van der Waals surface area contributed by atoms with Crippen molar-refractivity contribution >= 4 is 27.3 Å². The number of hydrogen-bond acceptors (Lipinski definition) is 7. The van der Waals surface area contributed by atoms with Crippen LogP contribution in [-0.4, -0.2) is 80.9 Å². The maximum atomic E-state index is 12.9. The van der Waals surface area contributed by atoms with E-state index >= 15 is 0 Å². The quantitative estimate of drug-likeness (QED) is 0.464. The number of benzene rings is 1. The van der Waals surface area contributed by atoms with Crippen molar-refractivity contribution in [2.75, 3.05) is 57.4 Å². The third-order valence-electron chi connectivity index (χ3n) is 6.66. The van der Waals surface area contributed by atoms with Gasteiger partial charge in [0.1, 0.15) is 5.69 Å². The molecule has 0 N–H and O–H groups in total. The molecule has 1 saturated carbocycles. The lowest BCUT2D eigenvalue weighted by molar-refractivity contribution is -0.384. The highest BCUT2D eigenvalue weighted by Crippen LogP contribution is 2.33. The highest BCUT2D eigenvalue weighted by atomic mass is 32.2. The summed E-state index contributed by atoms with van der Waals surface area (Å²) < 4.78 is 32.3. The van der Waals surface area contributed by atoms with E-state index in [2.05, 4.69) is 0 Å². The van der Waals surface area contributed by atoms with Crippen molar-refractivity contribution < 1.29 is 22.9 Å². The second-order valence-corrected chi connectivity index (χ2v) is 10.6. The summed E-state index contributed by atoms with van der Waals surface area (Å²) in [6.45, 7) is 3.06. The standard InChI is InChI=1S/C21H30N4O6S/c26-21(15-17-3-1-2-4-17)23-9-7-22(8-10-23)19-6-5-18(16-20(19)25(27)28)32(29,30)24-11-13-31-14-12-24/h5-6,16-17H,1-4,7-15H2. The predicted molar refractivity (Wildman–Crippen MR) is 118 cm³/mol. The molecular formula is C21H30N4O6S. The van der Waals surface area contributed by atoms with Gasteiger partial charge < -0.3 is 14.5 Å². The Balaban J connectivity index is 1.45. The van der Waals surface area contributed by atoms with Crippen molar-refractivity contribution in [2.24, 2.45) is 5.92 Å². The number of hydrogen-bond donors (Lipinski definition) is 0.